The van der Waals surface area contributed by atoms with E-state index < -0.39 is 18.2 Å². The minimum Gasteiger partial charge on any atom is -0.476 e. The van der Waals surface area contributed by atoms with Gasteiger partial charge in [0.15, 0.2) is 5.69 Å². The van der Waals surface area contributed by atoms with Gasteiger partial charge in [-0.1, -0.05) is 0 Å². The van der Waals surface area contributed by atoms with E-state index in [1.807, 2.05) is 0 Å². The Morgan fingerprint density at radius 2 is 2.33 bits per heavy atom. The molecule has 80 valence electrons. The summed E-state index contributed by atoms with van der Waals surface area (Å²) in [5, 5.41) is 35.9. The van der Waals surface area contributed by atoms with Crippen LogP contribution >= 0.6 is 11.3 Å². The highest BCUT2D eigenvalue weighted by atomic mass is 32.1. The molecule has 0 aromatic carbocycles. The van der Waals surface area contributed by atoms with Gasteiger partial charge in [0.1, 0.15) is 6.10 Å². The van der Waals surface area contributed by atoms with E-state index in [9.17, 15) is 15.0 Å². The Labute approximate surface area is 89.1 Å². The van der Waals surface area contributed by atoms with Crippen LogP contribution in [0.2, 0.25) is 0 Å². The van der Waals surface area contributed by atoms with Gasteiger partial charge in [0.2, 0.25) is 0 Å². The predicted octanol–water partition coefficient (Wildman–Crippen LogP) is 0.149. The van der Waals surface area contributed by atoms with Crippen LogP contribution in [-0.2, 0) is 0 Å². The summed E-state index contributed by atoms with van der Waals surface area (Å²) >= 11 is 0.929. The molecular weight excluding hydrogens is 220 g/mol. The molecular formula is C8H8N2O4S. The van der Waals surface area contributed by atoms with Gasteiger partial charge in [0.05, 0.1) is 29.0 Å². The van der Waals surface area contributed by atoms with Gasteiger partial charge in [-0.25, -0.2) is 9.78 Å². The molecule has 15 heavy (non-hydrogen) atoms. The number of aromatic carboxylic acids is 1. The molecule has 1 aromatic rings. The van der Waals surface area contributed by atoms with E-state index in [1.54, 1.807) is 6.07 Å². The van der Waals surface area contributed by atoms with Crippen molar-refractivity contribution < 1.29 is 20.1 Å². The Hall–Kier alpha value is -1.49. The van der Waals surface area contributed by atoms with E-state index in [4.69, 9.17) is 10.4 Å². The van der Waals surface area contributed by atoms with Crippen molar-refractivity contribution in [3.05, 3.63) is 16.1 Å². The van der Waals surface area contributed by atoms with Gasteiger partial charge >= 0.3 is 5.97 Å². The largest absolute Gasteiger partial charge is 0.476 e. The van der Waals surface area contributed by atoms with Crippen LogP contribution in [0.4, 0.5) is 0 Å². The monoisotopic (exact) mass is 228 g/mol. The number of nitrogens with zero attached hydrogens (tertiary/aromatic N) is 2. The van der Waals surface area contributed by atoms with E-state index in [2.05, 4.69) is 4.98 Å². The van der Waals surface area contributed by atoms with E-state index in [0.717, 1.165) is 11.3 Å². The highest BCUT2D eigenvalue weighted by Crippen LogP contribution is 2.25. The molecule has 0 aliphatic rings. The second-order valence-electron chi connectivity index (χ2n) is 2.74. The first-order valence-electron chi connectivity index (χ1n) is 3.97. The minimum atomic E-state index is -1.39. The molecule has 0 saturated carbocycles. The number of carbonyl (C=O) groups is 1. The SMILES string of the molecule is N#CCC(O)C(O)c1scnc1C(=O)O. The second kappa shape index (κ2) is 4.84. The Morgan fingerprint density at radius 1 is 1.67 bits per heavy atom. The van der Waals surface area contributed by atoms with Crippen molar-refractivity contribution in [2.75, 3.05) is 0 Å². The predicted molar refractivity (Wildman–Crippen MR) is 50.3 cm³/mol. The zero-order valence-corrected chi connectivity index (χ0v) is 8.31. The summed E-state index contributed by atoms with van der Waals surface area (Å²) in [6.07, 6.45) is -2.95. The highest BCUT2D eigenvalue weighted by molar-refractivity contribution is 7.10. The molecule has 2 atom stereocenters. The lowest BCUT2D eigenvalue weighted by Gasteiger charge is -2.13. The van der Waals surface area contributed by atoms with Crippen LogP contribution in [0.15, 0.2) is 5.51 Å². The third-order valence-electron chi connectivity index (χ3n) is 1.73. The molecule has 0 aliphatic carbocycles. The van der Waals surface area contributed by atoms with Crippen LogP contribution < -0.4 is 0 Å². The number of nitriles is 1. The lowest BCUT2D eigenvalue weighted by atomic mass is 10.1. The van der Waals surface area contributed by atoms with Crippen LogP contribution in [0.1, 0.15) is 27.9 Å². The van der Waals surface area contributed by atoms with E-state index in [0.29, 0.717) is 0 Å². The molecule has 6 nitrogen and oxygen atoms in total. The van der Waals surface area contributed by atoms with Gasteiger partial charge in [-0.2, -0.15) is 5.26 Å². The molecule has 1 heterocycles. The van der Waals surface area contributed by atoms with Gasteiger partial charge in [-0.15, -0.1) is 11.3 Å². The zero-order chi connectivity index (χ0) is 11.4. The van der Waals surface area contributed by atoms with E-state index in [1.165, 1.54) is 5.51 Å². The fraction of sp³-hybridized carbons (Fsp3) is 0.375. The van der Waals surface area contributed by atoms with Crippen LogP contribution in [0, 0.1) is 11.3 Å². The number of aliphatic hydroxyl groups excluding tert-OH is 2. The van der Waals surface area contributed by atoms with E-state index in [-0.39, 0.29) is 17.0 Å². The third-order valence-corrected chi connectivity index (χ3v) is 2.63. The maximum atomic E-state index is 10.7. The Morgan fingerprint density at radius 3 is 2.87 bits per heavy atom. The van der Waals surface area contributed by atoms with E-state index >= 15 is 0 Å². The first-order valence-corrected chi connectivity index (χ1v) is 4.85. The number of aliphatic hydroxyl groups is 2. The number of thiazole rings is 1. The Kier molecular flexibility index (Phi) is 3.74. The standard InChI is InChI=1S/C8H8N2O4S/c9-2-1-4(11)6(12)7-5(8(13)14)10-3-15-7/h3-4,6,11-12H,1H2,(H,13,14). The molecule has 2 unspecified atom stereocenters. The first-order chi connectivity index (χ1) is 7.07. The maximum absolute atomic E-state index is 10.7. The molecule has 0 spiro atoms. The Bertz CT molecular complexity index is 398. The molecule has 7 heteroatoms. The summed E-state index contributed by atoms with van der Waals surface area (Å²) in [5.74, 6) is -1.27. The third kappa shape index (κ3) is 2.50. The molecule has 0 bridgehead atoms. The highest BCUT2D eigenvalue weighted by Gasteiger charge is 2.25. The lowest BCUT2D eigenvalue weighted by molar-refractivity contribution is 0.0226. The van der Waals surface area contributed by atoms with Crippen LogP contribution in [0.5, 0.6) is 0 Å². The van der Waals surface area contributed by atoms with Crippen molar-refractivity contribution in [1.29, 1.82) is 5.26 Å². The summed E-state index contributed by atoms with van der Waals surface area (Å²) < 4.78 is 0. The number of carboxylic acid groups (broad SMARTS) is 1. The van der Waals surface area contributed by atoms with Crippen LogP contribution in [-0.4, -0.2) is 32.4 Å². The summed E-state index contributed by atoms with van der Waals surface area (Å²) in [5.41, 5.74) is 0.977. The minimum absolute atomic E-state index is 0.0604. The number of rotatable bonds is 4. The average molecular weight is 228 g/mol. The topological polar surface area (TPSA) is 114 Å². The fourth-order valence-electron chi connectivity index (χ4n) is 1.01. The van der Waals surface area contributed by atoms with Crippen LogP contribution in [0.3, 0.4) is 0 Å². The smallest absolute Gasteiger partial charge is 0.355 e. The quantitative estimate of drug-likeness (QED) is 0.675. The molecule has 1 rings (SSSR count). The van der Waals surface area contributed by atoms with Crippen LogP contribution in [0.25, 0.3) is 0 Å². The second-order valence-corrected chi connectivity index (χ2v) is 3.63. The number of carboxylic acids is 1. The molecule has 1 aromatic heterocycles. The Balaban J connectivity index is 2.91. The van der Waals surface area contributed by atoms with Crippen molar-refractivity contribution in [3.63, 3.8) is 0 Å². The summed E-state index contributed by atoms with van der Waals surface area (Å²) in [7, 11) is 0. The number of aromatic nitrogens is 1. The summed E-state index contributed by atoms with van der Waals surface area (Å²) in [6.45, 7) is 0. The van der Waals surface area contributed by atoms with Crippen molar-refractivity contribution in [1.82, 2.24) is 4.98 Å². The molecule has 0 saturated heterocycles. The molecule has 3 N–H and O–H groups in total. The van der Waals surface area contributed by atoms with Gasteiger partial charge in [-0.05, 0) is 0 Å². The van der Waals surface area contributed by atoms with Gasteiger partial charge in [0.25, 0.3) is 0 Å². The fourth-order valence-corrected chi connectivity index (χ4v) is 1.83. The van der Waals surface area contributed by atoms with Crippen molar-refractivity contribution in [3.8, 4) is 6.07 Å². The summed E-state index contributed by atoms with van der Waals surface area (Å²) in [4.78, 5) is 14.3. The van der Waals surface area contributed by atoms with Crippen molar-refractivity contribution >= 4 is 17.3 Å². The normalized spacial score (nSPS) is 14.2. The summed E-state index contributed by atoms with van der Waals surface area (Å²) in [6, 6.07) is 1.69. The van der Waals surface area contributed by atoms with Gasteiger partial charge < -0.3 is 15.3 Å². The number of hydrogen-bond donors (Lipinski definition) is 3. The zero-order valence-electron chi connectivity index (χ0n) is 7.49. The van der Waals surface area contributed by atoms with Crippen molar-refractivity contribution in [2.24, 2.45) is 0 Å². The molecule has 0 fully saturated rings. The van der Waals surface area contributed by atoms with Gasteiger partial charge in [-0.3, -0.25) is 0 Å². The average Bonchev–Trinajstić information content (AvgIpc) is 2.65. The molecule has 0 aliphatic heterocycles. The van der Waals surface area contributed by atoms with Crippen molar-refractivity contribution in [2.45, 2.75) is 18.6 Å². The maximum Gasteiger partial charge on any atom is 0.355 e. The van der Waals surface area contributed by atoms with Gasteiger partial charge in [0, 0.05) is 0 Å². The molecule has 0 radical (unpaired) electrons. The first kappa shape index (κ1) is 11.6. The molecule has 0 amide bonds. The lowest BCUT2D eigenvalue weighted by Crippen LogP contribution is -2.18. The number of hydrogen-bond acceptors (Lipinski definition) is 6.